The van der Waals surface area contributed by atoms with Crippen LogP contribution in [0.5, 0.6) is 5.75 Å². The van der Waals surface area contributed by atoms with Crippen molar-refractivity contribution < 1.29 is 35.5 Å². The highest BCUT2D eigenvalue weighted by molar-refractivity contribution is 5.57. The van der Waals surface area contributed by atoms with Crippen molar-refractivity contribution in [2.45, 2.75) is 38.2 Å². The number of nitrogens with zero attached hydrogens (tertiary/aromatic N) is 6. The van der Waals surface area contributed by atoms with Crippen LogP contribution in [0.25, 0.3) is 5.65 Å². The van der Waals surface area contributed by atoms with Gasteiger partial charge >= 0.3 is 12.4 Å². The fourth-order valence-corrected chi connectivity index (χ4v) is 4.93. The molecule has 3 aromatic heterocycles. The number of nitrogens with one attached hydrogen (secondary N) is 1. The number of hydrogen-bond donors (Lipinski definition) is 1. The summed E-state index contributed by atoms with van der Waals surface area (Å²) < 4.78 is 97.9. The second-order valence-corrected chi connectivity index (χ2v) is 8.92. The fraction of sp³-hybridized carbons (Fsp3) is 0.524. The Morgan fingerprint density at radius 2 is 1.75 bits per heavy atom. The van der Waals surface area contributed by atoms with Gasteiger partial charge in [-0.05, 0) is 43.7 Å². The molecule has 2 aliphatic rings. The summed E-state index contributed by atoms with van der Waals surface area (Å²) in [6.07, 6.45) is -6.83. The van der Waals surface area contributed by atoms with Gasteiger partial charge in [0.15, 0.2) is 29.6 Å². The Kier molecular flexibility index (Phi) is 5.82. The summed E-state index contributed by atoms with van der Waals surface area (Å²) >= 11 is 0. The molecule has 1 saturated heterocycles. The van der Waals surface area contributed by atoms with Gasteiger partial charge in [0.05, 0.1) is 6.20 Å². The number of alkyl halides is 6. The molecule has 4 heterocycles. The van der Waals surface area contributed by atoms with Crippen LogP contribution < -0.4 is 15.0 Å². The van der Waals surface area contributed by atoms with Crippen molar-refractivity contribution in [1.82, 2.24) is 24.6 Å². The van der Waals surface area contributed by atoms with Crippen LogP contribution in [-0.4, -0.2) is 56.5 Å². The third-order valence-corrected chi connectivity index (χ3v) is 6.41. The molecule has 15 heteroatoms. The first kappa shape index (κ1) is 24.3. The van der Waals surface area contributed by atoms with Crippen LogP contribution in [0.1, 0.15) is 24.4 Å². The van der Waals surface area contributed by atoms with E-state index in [9.17, 15) is 30.7 Å². The largest absolute Gasteiger partial charge is 0.480 e. The molecule has 0 radical (unpaired) electrons. The number of rotatable bonds is 5. The number of aromatic nitrogens is 5. The molecule has 2 atom stereocenters. The summed E-state index contributed by atoms with van der Waals surface area (Å²) in [5.41, 5.74) is -1.69. The van der Waals surface area contributed by atoms with Crippen LogP contribution in [0.2, 0.25) is 0 Å². The topological polar surface area (TPSA) is 80.5 Å². The van der Waals surface area contributed by atoms with Crippen LogP contribution in [0, 0.1) is 24.6 Å². The Hall–Kier alpha value is -3.39. The standard InChI is InChI=1S/C21H20F7N7O/c1-10-29-6-13(22)17(30-10)34-7-11-2-3-12(8-34)16(11)31-19-32-18-14(36-9-20(23,24)25)4-5-15(21(26,27)28)35(18)33-19/h4-6,11-12,16H,2-3,7-9H2,1H3,(H,31,33). The number of piperidine rings is 1. The molecule has 0 aromatic carbocycles. The molecule has 2 bridgehead atoms. The van der Waals surface area contributed by atoms with Gasteiger partial charge in [-0.25, -0.2) is 18.9 Å². The van der Waals surface area contributed by atoms with Crippen LogP contribution in [0.3, 0.4) is 0 Å². The summed E-state index contributed by atoms with van der Waals surface area (Å²) in [7, 11) is 0. The summed E-state index contributed by atoms with van der Waals surface area (Å²) in [6, 6.07) is 1.17. The average Bonchev–Trinajstić information content (AvgIpc) is 3.29. The molecule has 1 saturated carbocycles. The molecule has 2 fully saturated rings. The molecule has 194 valence electrons. The zero-order valence-corrected chi connectivity index (χ0v) is 18.7. The lowest BCUT2D eigenvalue weighted by Gasteiger charge is -2.38. The van der Waals surface area contributed by atoms with Crippen molar-refractivity contribution in [1.29, 1.82) is 0 Å². The Morgan fingerprint density at radius 3 is 2.39 bits per heavy atom. The van der Waals surface area contributed by atoms with Crippen LogP contribution in [0.4, 0.5) is 42.5 Å². The molecule has 0 amide bonds. The number of anilines is 2. The molecule has 1 aliphatic carbocycles. The zero-order chi connectivity index (χ0) is 25.8. The minimum atomic E-state index is -4.82. The van der Waals surface area contributed by atoms with E-state index >= 15 is 0 Å². The minimum Gasteiger partial charge on any atom is -0.480 e. The van der Waals surface area contributed by atoms with E-state index in [1.165, 1.54) is 0 Å². The maximum Gasteiger partial charge on any atom is 0.433 e. The number of fused-ring (bicyclic) bond motifs is 3. The van der Waals surface area contributed by atoms with E-state index in [1.807, 2.05) is 4.90 Å². The van der Waals surface area contributed by atoms with Gasteiger partial charge in [0, 0.05) is 19.1 Å². The molecular weight excluding hydrogens is 499 g/mol. The number of pyridine rings is 1. The Morgan fingerprint density at radius 1 is 1.06 bits per heavy atom. The summed E-state index contributed by atoms with van der Waals surface area (Å²) in [5.74, 6) is -0.571. The lowest BCUT2D eigenvalue weighted by molar-refractivity contribution is -0.153. The van der Waals surface area contributed by atoms with Gasteiger partial charge in [-0.1, -0.05) is 0 Å². The molecular formula is C21H20F7N7O. The number of ether oxygens (including phenoxy) is 1. The molecule has 5 rings (SSSR count). The highest BCUT2D eigenvalue weighted by atomic mass is 19.4. The minimum absolute atomic E-state index is 0.00642. The van der Waals surface area contributed by atoms with Crippen molar-refractivity contribution in [3.63, 3.8) is 0 Å². The van der Waals surface area contributed by atoms with Crippen molar-refractivity contribution in [2.75, 3.05) is 29.9 Å². The maximum absolute atomic E-state index is 14.3. The van der Waals surface area contributed by atoms with Gasteiger partial charge < -0.3 is 15.0 Å². The van der Waals surface area contributed by atoms with E-state index in [2.05, 4.69) is 25.4 Å². The smallest absolute Gasteiger partial charge is 0.433 e. The normalized spacial score (nSPS) is 22.3. The zero-order valence-electron chi connectivity index (χ0n) is 18.7. The van der Waals surface area contributed by atoms with E-state index in [-0.39, 0.29) is 29.6 Å². The quantitative estimate of drug-likeness (QED) is 0.505. The number of hydrogen-bond acceptors (Lipinski definition) is 7. The number of halogens is 7. The van der Waals surface area contributed by atoms with E-state index in [0.717, 1.165) is 25.1 Å². The van der Waals surface area contributed by atoms with E-state index < -0.39 is 41.9 Å². The first-order chi connectivity index (χ1) is 16.9. The summed E-state index contributed by atoms with van der Waals surface area (Å²) in [6.45, 7) is 0.861. The highest BCUT2D eigenvalue weighted by Crippen LogP contribution is 2.40. The molecule has 2 unspecified atom stereocenters. The Bertz CT molecular complexity index is 1260. The van der Waals surface area contributed by atoms with Crippen LogP contribution in [0.15, 0.2) is 18.3 Å². The molecule has 0 spiro atoms. The lowest BCUT2D eigenvalue weighted by atomic mass is 9.92. The summed E-state index contributed by atoms with van der Waals surface area (Å²) in [4.78, 5) is 13.9. The first-order valence-electron chi connectivity index (χ1n) is 11.1. The predicted molar refractivity (Wildman–Crippen MR) is 112 cm³/mol. The van der Waals surface area contributed by atoms with Gasteiger partial charge in [-0.15, -0.1) is 5.10 Å². The van der Waals surface area contributed by atoms with E-state index in [1.54, 1.807) is 6.92 Å². The second-order valence-electron chi connectivity index (χ2n) is 8.92. The van der Waals surface area contributed by atoms with Crippen molar-refractivity contribution in [2.24, 2.45) is 11.8 Å². The van der Waals surface area contributed by atoms with Crippen molar-refractivity contribution >= 4 is 17.4 Å². The van der Waals surface area contributed by atoms with Crippen molar-refractivity contribution in [3.05, 3.63) is 35.7 Å². The maximum atomic E-state index is 14.3. The number of aryl methyl sites for hydroxylation is 1. The van der Waals surface area contributed by atoms with Crippen LogP contribution in [-0.2, 0) is 6.18 Å². The van der Waals surface area contributed by atoms with Gasteiger partial charge in [-0.3, -0.25) is 0 Å². The third-order valence-electron chi connectivity index (χ3n) is 6.41. The summed E-state index contributed by atoms with van der Waals surface area (Å²) in [5, 5.41) is 6.96. The molecule has 1 aliphatic heterocycles. The molecule has 3 aromatic rings. The second kappa shape index (κ2) is 8.62. The molecule has 8 nitrogen and oxygen atoms in total. The Labute approximate surface area is 199 Å². The fourth-order valence-electron chi connectivity index (χ4n) is 4.93. The highest BCUT2D eigenvalue weighted by Gasteiger charge is 2.44. The predicted octanol–water partition coefficient (Wildman–Crippen LogP) is 4.25. The van der Waals surface area contributed by atoms with Gasteiger partial charge in [0.1, 0.15) is 11.5 Å². The first-order valence-corrected chi connectivity index (χ1v) is 11.1. The van der Waals surface area contributed by atoms with E-state index in [4.69, 9.17) is 4.74 Å². The van der Waals surface area contributed by atoms with Crippen molar-refractivity contribution in [3.8, 4) is 5.75 Å². The Balaban J connectivity index is 1.41. The van der Waals surface area contributed by atoms with Crippen LogP contribution >= 0.6 is 0 Å². The lowest BCUT2D eigenvalue weighted by Crippen LogP contribution is -2.48. The van der Waals surface area contributed by atoms with E-state index in [0.29, 0.717) is 29.5 Å². The average molecular weight is 519 g/mol. The molecule has 36 heavy (non-hydrogen) atoms. The monoisotopic (exact) mass is 519 g/mol. The third kappa shape index (κ3) is 4.69. The SMILES string of the molecule is Cc1ncc(F)c(N2CC3CCC(C2)C3Nc2nc3c(OCC(F)(F)F)ccc(C(F)(F)F)n3n2)n1. The van der Waals surface area contributed by atoms with Gasteiger partial charge in [0.2, 0.25) is 5.95 Å². The van der Waals surface area contributed by atoms with Gasteiger partial charge in [0.25, 0.3) is 0 Å². The molecule has 1 N–H and O–H groups in total. The van der Waals surface area contributed by atoms with Gasteiger partial charge in [-0.2, -0.15) is 31.3 Å².